The minimum Gasteiger partial charge on any atom is -0.383 e. The molecule has 0 fully saturated rings. The second-order valence-electron chi connectivity index (χ2n) is 2.22. The molecule has 62 valence electrons. The van der Waals surface area contributed by atoms with E-state index in [0.717, 1.165) is 18.0 Å². The highest BCUT2D eigenvalue weighted by Gasteiger charge is 1.97. The number of ether oxygens (including phenoxy) is 1. The van der Waals surface area contributed by atoms with Gasteiger partial charge in [0.1, 0.15) is 10.8 Å². The molecule has 0 amide bonds. The number of aromatic nitrogens is 1. The van der Waals surface area contributed by atoms with E-state index in [4.69, 9.17) is 10.5 Å². The van der Waals surface area contributed by atoms with Gasteiger partial charge < -0.3 is 10.5 Å². The van der Waals surface area contributed by atoms with E-state index >= 15 is 0 Å². The maximum atomic E-state index is 5.43. The van der Waals surface area contributed by atoms with Crippen molar-refractivity contribution < 1.29 is 4.74 Å². The van der Waals surface area contributed by atoms with E-state index in [9.17, 15) is 0 Å². The Labute approximate surface area is 70.2 Å². The quantitative estimate of drug-likeness (QED) is 0.702. The molecule has 3 nitrogen and oxygen atoms in total. The summed E-state index contributed by atoms with van der Waals surface area (Å²) in [7, 11) is 0. The Morgan fingerprint density at radius 3 is 3.09 bits per heavy atom. The van der Waals surface area contributed by atoms with Crippen LogP contribution in [0.4, 0.5) is 5.82 Å². The van der Waals surface area contributed by atoms with Crippen molar-refractivity contribution in [1.29, 1.82) is 0 Å². The van der Waals surface area contributed by atoms with Crippen molar-refractivity contribution in [3.8, 4) is 0 Å². The monoisotopic (exact) mass is 172 g/mol. The van der Waals surface area contributed by atoms with Crippen molar-refractivity contribution in [2.24, 2.45) is 0 Å². The zero-order chi connectivity index (χ0) is 8.10. The Bertz CT molecular complexity index is 212. The predicted molar refractivity (Wildman–Crippen MR) is 46.5 cm³/mol. The first-order chi connectivity index (χ1) is 5.33. The molecular weight excluding hydrogens is 160 g/mol. The van der Waals surface area contributed by atoms with Crippen LogP contribution in [0.1, 0.15) is 18.4 Å². The minimum atomic E-state index is 0.588. The fraction of sp³-hybridized carbons (Fsp3) is 0.571. The lowest BCUT2D eigenvalue weighted by Gasteiger charge is -1.96. The lowest BCUT2D eigenvalue weighted by Crippen LogP contribution is -1.93. The summed E-state index contributed by atoms with van der Waals surface area (Å²) in [6.07, 6.45) is 1.04. The Balaban J connectivity index is 2.27. The van der Waals surface area contributed by atoms with Gasteiger partial charge in [0.15, 0.2) is 0 Å². The van der Waals surface area contributed by atoms with Crippen LogP contribution in [0.15, 0.2) is 5.38 Å². The molecule has 0 atom stereocenters. The fourth-order valence-corrected chi connectivity index (χ4v) is 1.31. The number of nitrogens with two attached hydrogens (primary N) is 1. The zero-order valence-electron chi connectivity index (χ0n) is 6.54. The Kier molecular flexibility index (Phi) is 3.32. The van der Waals surface area contributed by atoms with Gasteiger partial charge in [0.05, 0.1) is 6.61 Å². The van der Waals surface area contributed by atoms with Crippen LogP contribution in [0.3, 0.4) is 0 Å². The molecule has 0 unspecified atom stereocenters. The highest BCUT2D eigenvalue weighted by Crippen LogP contribution is 2.11. The van der Waals surface area contributed by atoms with Gasteiger partial charge in [0, 0.05) is 12.0 Å². The zero-order valence-corrected chi connectivity index (χ0v) is 7.36. The summed E-state index contributed by atoms with van der Waals surface area (Å²) in [6, 6.07) is 0. The summed E-state index contributed by atoms with van der Waals surface area (Å²) >= 11 is 1.54. The summed E-state index contributed by atoms with van der Waals surface area (Å²) in [5.41, 5.74) is 5.43. The van der Waals surface area contributed by atoms with Crippen LogP contribution in [-0.2, 0) is 11.3 Å². The molecule has 0 aromatic carbocycles. The minimum absolute atomic E-state index is 0.588. The number of anilines is 1. The topological polar surface area (TPSA) is 48.1 Å². The van der Waals surface area contributed by atoms with Crippen molar-refractivity contribution in [1.82, 2.24) is 4.98 Å². The van der Waals surface area contributed by atoms with E-state index < -0.39 is 0 Å². The van der Waals surface area contributed by atoms with Crippen LogP contribution >= 0.6 is 11.3 Å². The summed E-state index contributed by atoms with van der Waals surface area (Å²) in [6.45, 7) is 3.46. The molecule has 1 aromatic rings. The SMILES string of the molecule is CCCOCc1nc(N)cs1. The van der Waals surface area contributed by atoms with Crippen molar-refractivity contribution >= 4 is 17.2 Å². The number of thiazole rings is 1. The van der Waals surface area contributed by atoms with Gasteiger partial charge >= 0.3 is 0 Å². The average molecular weight is 172 g/mol. The molecule has 0 spiro atoms. The highest BCUT2D eigenvalue weighted by atomic mass is 32.1. The molecule has 4 heteroatoms. The van der Waals surface area contributed by atoms with Gasteiger partial charge in [-0.25, -0.2) is 4.98 Å². The smallest absolute Gasteiger partial charge is 0.134 e. The van der Waals surface area contributed by atoms with Gasteiger partial charge in [-0.3, -0.25) is 0 Å². The molecule has 0 bridgehead atoms. The second-order valence-corrected chi connectivity index (χ2v) is 3.16. The van der Waals surface area contributed by atoms with E-state index in [0.29, 0.717) is 12.4 Å². The van der Waals surface area contributed by atoms with E-state index in [2.05, 4.69) is 11.9 Å². The molecule has 1 aromatic heterocycles. The van der Waals surface area contributed by atoms with Crippen LogP contribution in [0.25, 0.3) is 0 Å². The Morgan fingerprint density at radius 1 is 1.73 bits per heavy atom. The van der Waals surface area contributed by atoms with Gasteiger partial charge in [0.25, 0.3) is 0 Å². The van der Waals surface area contributed by atoms with Crippen molar-refractivity contribution in [3.05, 3.63) is 10.4 Å². The average Bonchev–Trinajstić information content (AvgIpc) is 2.37. The van der Waals surface area contributed by atoms with E-state index in [-0.39, 0.29) is 0 Å². The molecule has 0 radical (unpaired) electrons. The first-order valence-electron chi connectivity index (χ1n) is 3.60. The van der Waals surface area contributed by atoms with Crippen LogP contribution in [0, 0.1) is 0 Å². The summed E-state index contributed by atoms with van der Waals surface area (Å²) in [5.74, 6) is 0.588. The normalized spacial score (nSPS) is 10.3. The Hall–Kier alpha value is -0.610. The van der Waals surface area contributed by atoms with Crippen molar-refractivity contribution in [2.75, 3.05) is 12.3 Å². The maximum Gasteiger partial charge on any atom is 0.134 e. The third kappa shape index (κ3) is 2.86. The molecule has 0 aliphatic carbocycles. The van der Waals surface area contributed by atoms with E-state index in [1.165, 1.54) is 11.3 Å². The first kappa shape index (κ1) is 8.49. The fourth-order valence-electron chi connectivity index (χ4n) is 0.695. The van der Waals surface area contributed by atoms with Crippen LogP contribution in [0.5, 0.6) is 0 Å². The second kappa shape index (κ2) is 4.31. The molecule has 1 heterocycles. The molecule has 2 N–H and O–H groups in total. The lowest BCUT2D eigenvalue weighted by molar-refractivity contribution is 0.121. The standard InChI is InChI=1S/C7H12N2OS/c1-2-3-10-4-7-9-6(8)5-11-7/h5H,2-4,8H2,1H3. The molecule has 0 aliphatic rings. The summed E-state index contributed by atoms with van der Waals surface area (Å²) in [5, 5.41) is 2.78. The van der Waals surface area contributed by atoms with Crippen LogP contribution in [-0.4, -0.2) is 11.6 Å². The number of hydrogen-bond acceptors (Lipinski definition) is 4. The number of nitrogen functional groups attached to an aromatic ring is 1. The number of rotatable bonds is 4. The van der Waals surface area contributed by atoms with Gasteiger partial charge in [-0.1, -0.05) is 6.92 Å². The largest absolute Gasteiger partial charge is 0.383 e. The van der Waals surface area contributed by atoms with Crippen molar-refractivity contribution in [3.63, 3.8) is 0 Å². The van der Waals surface area contributed by atoms with Gasteiger partial charge in [0.2, 0.25) is 0 Å². The van der Waals surface area contributed by atoms with Gasteiger partial charge in [-0.2, -0.15) is 0 Å². The summed E-state index contributed by atoms with van der Waals surface area (Å²) in [4.78, 5) is 4.05. The molecule has 11 heavy (non-hydrogen) atoms. The molecule has 1 rings (SSSR count). The number of hydrogen-bond donors (Lipinski definition) is 1. The van der Waals surface area contributed by atoms with Gasteiger partial charge in [-0.05, 0) is 6.42 Å². The van der Waals surface area contributed by atoms with E-state index in [1.807, 2.05) is 5.38 Å². The molecular formula is C7H12N2OS. The number of nitrogens with zero attached hydrogens (tertiary/aromatic N) is 1. The molecule has 0 saturated heterocycles. The third-order valence-corrected chi connectivity index (χ3v) is 1.98. The highest BCUT2D eigenvalue weighted by molar-refractivity contribution is 7.09. The van der Waals surface area contributed by atoms with Gasteiger partial charge in [-0.15, -0.1) is 11.3 Å². The maximum absolute atomic E-state index is 5.43. The first-order valence-corrected chi connectivity index (χ1v) is 4.48. The summed E-state index contributed by atoms with van der Waals surface area (Å²) < 4.78 is 5.27. The van der Waals surface area contributed by atoms with E-state index in [1.54, 1.807) is 0 Å². The van der Waals surface area contributed by atoms with Crippen LogP contribution < -0.4 is 5.73 Å². The van der Waals surface area contributed by atoms with Crippen molar-refractivity contribution in [2.45, 2.75) is 20.0 Å². The molecule has 0 aliphatic heterocycles. The van der Waals surface area contributed by atoms with Crippen LogP contribution in [0.2, 0.25) is 0 Å². The lowest BCUT2D eigenvalue weighted by atomic mass is 10.5. The predicted octanol–water partition coefficient (Wildman–Crippen LogP) is 1.65. The third-order valence-electron chi connectivity index (χ3n) is 1.14. The molecule has 0 saturated carbocycles. The Morgan fingerprint density at radius 2 is 2.55 bits per heavy atom.